The minimum atomic E-state index is -2.70. The molecule has 0 aliphatic carbocycles. The Morgan fingerprint density at radius 3 is 2.07 bits per heavy atom. The maximum Gasteiger partial charge on any atom is 0.164 e. The molecule has 0 bridgehead atoms. The van der Waals surface area contributed by atoms with E-state index < -0.39 is 32.4 Å². The highest BCUT2D eigenvalue weighted by molar-refractivity contribution is 7.99. The van der Waals surface area contributed by atoms with Crippen LogP contribution >= 0.6 is 0 Å². The van der Waals surface area contributed by atoms with Crippen molar-refractivity contribution in [1.82, 2.24) is 5.32 Å². The number of rotatable bonds is 3. The van der Waals surface area contributed by atoms with Crippen LogP contribution in [-0.2, 0) is 22.2 Å². The molecule has 2 rings (SSSR count). The van der Waals surface area contributed by atoms with Crippen molar-refractivity contribution in [3.63, 3.8) is 0 Å². The molecule has 0 amide bonds. The van der Waals surface area contributed by atoms with Crippen molar-refractivity contribution in [3.05, 3.63) is 35.9 Å². The topological polar surface area (TPSA) is 102 Å². The third-order valence-electron chi connectivity index (χ3n) is 2.27. The van der Waals surface area contributed by atoms with Crippen LogP contribution in [0.15, 0.2) is 30.3 Å². The van der Waals surface area contributed by atoms with Gasteiger partial charge in [-0.15, -0.1) is 0 Å². The van der Waals surface area contributed by atoms with Gasteiger partial charge >= 0.3 is 0 Å². The van der Waals surface area contributed by atoms with Crippen LogP contribution < -0.4 is 5.32 Å². The Balaban J connectivity index is 2.31. The normalized spacial score (nSPS) is 33.3. The van der Waals surface area contributed by atoms with E-state index in [0.29, 0.717) is 5.56 Å². The van der Waals surface area contributed by atoms with Crippen molar-refractivity contribution in [3.8, 4) is 0 Å². The second-order valence-corrected chi connectivity index (χ2v) is 5.61. The molecule has 7 heteroatoms. The van der Waals surface area contributed by atoms with E-state index in [-0.39, 0.29) is 0 Å². The van der Waals surface area contributed by atoms with Gasteiger partial charge in [0.25, 0.3) is 0 Å². The summed E-state index contributed by atoms with van der Waals surface area (Å²) in [6.45, 7) is 0. The van der Waals surface area contributed by atoms with E-state index in [0.717, 1.165) is 0 Å². The van der Waals surface area contributed by atoms with Crippen LogP contribution in [0.5, 0.6) is 0 Å². The van der Waals surface area contributed by atoms with Crippen LogP contribution in [-0.4, -0.2) is 21.7 Å². The predicted octanol–water partition coefficient (Wildman–Crippen LogP) is -0.257. The van der Waals surface area contributed by atoms with Crippen LogP contribution in [0, 0.1) is 0 Å². The van der Waals surface area contributed by atoms with Gasteiger partial charge in [-0.1, -0.05) is 30.3 Å². The molecule has 82 valence electrons. The van der Waals surface area contributed by atoms with E-state index in [1.54, 1.807) is 30.3 Å². The van der Waals surface area contributed by atoms with E-state index >= 15 is 0 Å². The molecule has 0 radical (unpaired) electrons. The van der Waals surface area contributed by atoms with Crippen molar-refractivity contribution in [1.29, 1.82) is 0 Å². The third kappa shape index (κ3) is 1.66. The third-order valence-corrected chi connectivity index (χ3v) is 4.78. The van der Waals surface area contributed by atoms with Crippen LogP contribution in [0.2, 0.25) is 0 Å². The van der Waals surface area contributed by atoms with Gasteiger partial charge in [0.15, 0.2) is 4.20 Å². The first kappa shape index (κ1) is 10.9. The summed E-state index contributed by atoms with van der Waals surface area (Å²) in [6.07, 6.45) is 0. The van der Waals surface area contributed by atoms with Gasteiger partial charge in [-0.3, -0.25) is 13.7 Å². The highest BCUT2D eigenvalue weighted by Crippen LogP contribution is 2.44. The minimum absolute atomic E-state index is 0.644. The van der Waals surface area contributed by atoms with Gasteiger partial charge < -0.3 is 9.11 Å². The lowest BCUT2D eigenvalue weighted by molar-refractivity contribution is 0.507. The Hall–Kier alpha value is -0.600. The molecule has 1 aliphatic heterocycles. The smallest absolute Gasteiger partial charge is 0.164 e. The average Bonchev–Trinajstić information content (AvgIpc) is 2.95. The fraction of sp³-hybridized carbons (Fsp3) is 0.250. The second kappa shape index (κ2) is 3.76. The monoisotopic (exact) mass is 245 g/mol. The maximum atomic E-state index is 10.9. The van der Waals surface area contributed by atoms with Crippen LogP contribution in [0.4, 0.5) is 0 Å². The lowest BCUT2D eigenvalue weighted by atomic mass is 10.2. The molecule has 1 aromatic rings. The molecule has 1 N–H and O–H groups in total. The average molecular weight is 245 g/mol. The van der Waals surface area contributed by atoms with Crippen molar-refractivity contribution in [2.45, 2.75) is 10.2 Å². The Bertz CT molecular complexity index is 408. The summed E-state index contributed by atoms with van der Waals surface area (Å²) in [5.41, 5.74) is 0.644. The van der Waals surface area contributed by atoms with Gasteiger partial charge in [-0.05, 0) is 27.7 Å². The van der Waals surface area contributed by atoms with Crippen molar-refractivity contribution < 1.29 is 17.5 Å². The molecular weight excluding hydrogens is 238 g/mol. The van der Waals surface area contributed by atoms with Crippen molar-refractivity contribution in [2.75, 3.05) is 0 Å². The zero-order valence-corrected chi connectivity index (χ0v) is 9.05. The van der Waals surface area contributed by atoms with E-state index in [4.69, 9.17) is 0 Å². The van der Waals surface area contributed by atoms with E-state index in [1.807, 2.05) is 0 Å². The zero-order valence-electron chi connectivity index (χ0n) is 7.41. The standard InChI is InChI=1S/C8H9NO4S2/c10-14(11)8(15(12)13)7(9-8)6-4-2-1-3-5-6/h1-5,7,9H,(H,10,11)(H,12,13)/p-2. The molecule has 1 aromatic carbocycles. The Kier molecular flexibility index (Phi) is 2.73. The molecule has 0 aromatic heterocycles. The molecule has 1 fully saturated rings. The van der Waals surface area contributed by atoms with Gasteiger partial charge in [0.1, 0.15) is 0 Å². The first-order chi connectivity index (χ1) is 7.09. The molecule has 5 nitrogen and oxygen atoms in total. The maximum absolute atomic E-state index is 10.9. The molecular formula is C8H7NO4S2-2. The Morgan fingerprint density at radius 2 is 1.67 bits per heavy atom. The molecule has 1 heterocycles. The summed E-state index contributed by atoms with van der Waals surface area (Å²) < 4.78 is 41.6. The van der Waals surface area contributed by atoms with Crippen molar-refractivity contribution in [2.24, 2.45) is 0 Å². The quantitative estimate of drug-likeness (QED) is 0.584. The summed E-state index contributed by atoms with van der Waals surface area (Å²) >= 11 is -5.40. The van der Waals surface area contributed by atoms with E-state index in [2.05, 4.69) is 5.32 Å². The predicted molar refractivity (Wildman–Crippen MR) is 52.9 cm³/mol. The van der Waals surface area contributed by atoms with E-state index in [1.165, 1.54) is 0 Å². The Labute approximate surface area is 91.5 Å². The SMILES string of the molecule is O=S([O-])C1(S(=O)[O-])NC1c1ccccc1. The molecule has 0 saturated carbocycles. The molecule has 1 aliphatic rings. The molecule has 15 heavy (non-hydrogen) atoms. The second-order valence-electron chi connectivity index (χ2n) is 3.12. The molecule has 3 atom stereocenters. The highest BCUT2D eigenvalue weighted by Gasteiger charge is 2.57. The first-order valence-electron chi connectivity index (χ1n) is 4.10. The molecule has 1 saturated heterocycles. The summed E-state index contributed by atoms with van der Waals surface area (Å²) in [4.78, 5) is 0. The number of benzene rings is 1. The van der Waals surface area contributed by atoms with E-state index in [9.17, 15) is 17.5 Å². The summed E-state index contributed by atoms with van der Waals surface area (Å²) in [5, 5.41) is 2.47. The first-order valence-corrected chi connectivity index (χ1v) is 6.25. The number of hydrogen-bond donors (Lipinski definition) is 1. The lowest BCUT2D eigenvalue weighted by Gasteiger charge is -2.20. The summed E-state index contributed by atoms with van der Waals surface area (Å²) in [5.74, 6) is 0. The van der Waals surface area contributed by atoms with Crippen molar-refractivity contribution >= 4 is 22.2 Å². The lowest BCUT2D eigenvalue weighted by Crippen LogP contribution is -2.28. The van der Waals surface area contributed by atoms with Crippen LogP contribution in [0.25, 0.3) is 0 Å². The van der Waals surface area contributed by atoms with Gasteiger partial charge in [-0.2, -0.15) is 0 Å². The highest BCUT2D eigenvalue weighted by atomic mass is 32.3. The summed E-state index contributed by atoms with van der Waals surface area (Å²) in [7, 11) is 0. The van der Waals surface area contributed by atoms with Gasteiger partial charge in [0, 0.05) is 0 Å². The zero-order chi connectivity index (χ0) is 11.1. The van der Waals surface area contributed by atoms with Gasteiger partial charge in [0.05, 0.1) is 6.04 Å². The van der Waals surface area contributed by atoms with Gasteiger partial charge in [-0.25, -0.2) is 0 Å². The van der Waals surface area contributed by atoms with Crippen LogP contribution in [0.3, 0.4) is 0 Å². The Morgan fingerprint density at radius 1 is 1.13 bits per heavy atom. The fourth-order valence-corrected chi connectivity index (χ4v) is 2.98. The fourth-order valence-electron chi connectivity index (χ4n) is 1.45. The largest absolute Gasteiger partial charge is 0.770 e. The molecule has 3 unspecified atom stereocenters. The number of hydrogen-bond acceptors (Lipinski definition) is 5. The van der Waals surface area contributed by atoms with Gasteiger partial charge in [0.2, 0.25) is 0 Å². The number of nitrogens with one attached hydrogen (secondary N) is 1. The summed E-state index contributed by atoms with van der Waals surface area (Å²) in [6, 6.07) is 7.91. The van der Waals surface area contributed by atoms with Crippen LogP contribution in [0.1, 0.15) is 11.6 Å². The molecule has 0 spiro atoms. The minimum Gasteiger partial charge on any atom is -0.770 e.